The summed E-state index contributed by atoms with van der Waals surface area (Å²) in [6.07, 6.45) is 6.87. The van der Waals surface area contributed by atoms with Crippen LogP contribution in [0, 0.1) is 6.92 Å². The highest BCUT2D eigenvalue weighted by Crippen LogP contribution is 2.10. The van der Waals surface area contributed by atoms with Crippen LogP contribution in [0.15, 0.2) is 6.20 Å². The third kappa shape index (κ3) is 5.87. The van der Waals surface area contributed by atoms with Gasteiger partial charge in [-0.2, -0.15) is 0 Å². The van der Waals surface area contributed by atoms with Gasteiger partial charge in [-0.15, -0.1) is 11.3 Å². The second-order valence-corrected chi connectivity index (χ2v) is 5.06. The lowest BCUT2D eigenvalue weighted by Gasteiger charge is -2.02. The minimum Gasteiger partial charge on any atom is -0.330 e. The smallest absolute Gasteiger partial charge is 0.107 e. The summed E-state index contributed by atoms with van der Waals surface area (Å²) < 4.78 is 0. The average molecular weight is 227 g/mol. The van der Waals surface area contributed by atoms with Crippen molar-refractivity contribution in [2.24, 2.45) is 5.73 Å². The molecule has 0 atom stereocenters. The maximum Gasteiger partial charge on any atom is 0.107 e. The van der Waals surface area contributed by atoms with Gasteiger partial charge >= 0.3 is 0 Å². The number of nitrogens with zero attached hydrogens (tertiary/aromatic N) is 1. The molecule has 0 amide bonds. The molecule has 1 rings (SSSR count). The third-order valence-corrected chi connectivity index (χ3v) is 3.17. The molecule has 1 aromatic rings. The van der Waals surface area contributed by atoms with E-state index in [-0.39, 0.29) is 0 Å². The first-order valence-corrected chi connectivity index (χ1v) is 6.46. The van der Waals surface area contributed by atoms with Gasteiger partial charge < -0.3 is 11.1 Å². The summed E-state index contributed by atoms with van der Waals surface area (Å²) in [5.74, 6) is 0. The summed E-state index contributed by atoms with van der Waals surface area (Å²) in [6.45, 7) is 4.92. The maximum atomic E-state index is 5.43. The van der Waals surface area contributed by atoms with Crippen molar-refractivity contribution in [1.29, 1.82) is 0 Å². The number of unbranched alkanes of at least 4 members (excludes halogenated alkanes) is 3. The Kier molecular flexibility index (Phi) is 6.55. The Morgan fingerprint density at radius 1 is 1.33 bits per heavy atom. The van der Waals surface area contributed by atoms with E-state index >= 15 is 0 Å². The van der Waals surface area contributed by atoms with Gasteiger partial charge in [0.15, 0.2) is 0 Å². The zero-order valence-electron chi connectivity index (χ0n) is 9.46. The molecule has 0 unspecified atom stereocenters. The molecule has 3 N–H and O–H groups in total. The van der Waals surface area contributed by atoms with E-state index < -0.39 is 0 Å². The van der Waals surface area contributed by atoms with Crippen molar-refractivity contribution < 1.29 is 0 Å². The van der Waals surface area contributed by atoms with Crippen molar-refractivity contribution in [2.75, 3.05) is 13.1 Å². The van der Waals surface area contributed by atoms with Gasteiger partial charge in [-0.05, 0) is 32.9 Å². The number of rotatable bonds is 8. The molecule has 0 radical (unpaired) electrons. The molecule has 0 saturated carbocycles. The largest absolute Gasteiger partial charge is 0.330 e. The van der Waals surface area contributed by atoms with Gasteiger partial charge in [0, 0.05) is 17.6 Å². The number of aryl methyl sites for hydroxylation is 1. The molecule has 3 nitrogen and oxygen atoms in total. The molecule has 0 saturated heterocycles. The van der Waals surface area contributed by atoms with Crippen LogP contribution < -0.4 is 11.1 Å². The second-order valence-electron chi connectivity index (χ2n) is 3.74. The van der Waals surface area contributed by atoms with Crippen LogP contribution in [-0.2, 0) is 6.54 Å². The summed E-state index contributed by atoms with van der Waals surface area (Å²) >= 11 is 1.77. The van der Waals surface area contributed by atoms with E-state index in [0.717, 1.165) is 26.1 Å². The number of hydrogen-bond donors (Lipinski definition) is 2. The molecule has 0 fully saturated rings. The fraction of sp³-hybridized carbons (Fsp3) is 0.727. The van der Waals surface area contributed by atoms with Crippen LogP contribution >= 0.6 is 11.3 Å². The number of aromatic nitrogens is 1. The average Bonchev–Trinajstić information content (AvgIpc) is 2.63. The number of hydrogen-bond acceptors (Lipinski definition) is 4. The Balaban J connectivity index is 1.93. The van der Waals surface area contributed by atoms with Gasteiger partial charge in [0.05, 0.1) is 0 Å². The highest BCUT2D eigenvalue weighted by atomic mass is 32.1. The van der Waals surface area contributed by atoms with E-state index in [2.05, 4.69) is 17.2 Å². The van der Waals surface area contributed by atoms with Crippen LogP contribution in [0.4, 0.5) is 0 Å². The fourth-order valence-corrected chi connectivity index (χ4v) is 2.18. The number of thiazole rings is 1. The third-order valence-electron chi connectivity index (χ3n) is 2.25. The first-order chi connectivity index (χ1) is 7.33. The quantitative estimate of drug-likeness (QED) is 0.668. The minimum atomic E-state index is 0.825. The molecule has 4 heteroatoms. The van der Waals surface area contributed by atoms with Crippen LogP contribution in [0.1, 0.15) is 35.6 Å². The molecule has 15 heavy (non-hydrogen) atoms. The van der Waals surface area contributed by atoms with Crippen LogP contribution in [0.3, 0.4) is 0 Å². The minimum absolute atomic E-state index is 0.825. The molecule has 0 spiro atoms. The van der Waals surface area contributed by atoms with Crippen molar-refractivity contribution in [3.63, 3.8) is 0 Å². The molecular weight excluding hydrogens is 206 g/mol. The van der Waals surface area contributed by atoms with Crippen LogP contribution in [-0.4, -0.2) is 18.1 Å². The van der Waals surface area contributed by atoms with Gasteiger partial charge in [-0.25, -0.2) is 4.98 Å². The molecule has 0 aliphatic rings. The normalized spacial score (nSPS) is 10.8. The van der Waals surface area contributed by atoms with E-state index in [9.17, 15) is 0 Å². The van der Waals surface area contributed by atoms with E-state index in [1.165, 1.54) is 29.1 Å². The van der Waals surface area contributed by atoms with Crippen molar-refractivity contribution in [3.8, 4) is 0 Å². The van der Waals surface area contributed by atoms with Crippen LogP contribution in [0.25, 0.3) is 0 Å². The SMILES string of the molecule is Cc1cnc(CNCCCCCCN)s1. The summed E-state index contributed by atoms with van der Waals surface area (Å²) in [4.78, 5) is 5.59. The van der Waals surface area contributed by atoms with Crippen molar-refractivity contribution in [2.45, 2.75) is 39.2 Å². The van der Waals surface area contributed by atoms with E-state index in [1.807, 2.05) is 6.20 Å². The second kappa shape index (κ2) is 7.79. The molecule has 0 bridgehead atoms. The predicted molar refractivity (Wildman–Crippen MR) is 66.1 cm³/mol. The van der Waals surface area contributed by atoms with Gasteiger partial charge in [0.2, 0.25) is 0 Å². The summed E-state index contributed by atoms with van der Waals surface area (Å²) in [7, 11) is 0. The lowest BCUT2D eigenvalue weighted by atomic mass is 10.2. The standard InChI is InChI=1S/C11H21N3S/c1-10-8-14-11(15-10)9-13-7-5-3-2-4-6-12/h8,13H,2-7,9,12H2,1H3. The van der Waals surface area contributed by atoms with Gasteiger partial charge in [0.1, 0.15) is 5.01 Å². The van der Waals surface area contributed by atoms with Crippen molar-refractivity contribution in [1.82, 2.24) is 10.3 Å². The van der Waals surface area contributed by atoms with Crippen molar-refractivity contribution >= 4 is 11.3 Å². The van der Waals surface area contributed by atoms with E-state index in [0.29, 0.717) is 0 Å². The van der Waals surface area contributed by atoms with Crippen LogP contribution in [0.5, 0.6) is 0 Å². The van der Waals surface area contributed by atoms with Crippen LogP contribution in [0.2, 0.25) is 0 Å². The van der Waals surface area contributed by atoms with Gasteiger partial charge in [-0.1, -0.05) is 12.8 Å². The Bertz CT molecular complexity index is 260. The zero-order chi connectivity index (χ0) is 10.9. The molecular formula is C11H21N3S. The molecule has 0 aromatic carbocycles. The highest BCUT2D eigenvalue weighted by molar-refractivity contribution is 7.11. The number of nitrogens with two attached hydrogens (primary N) is 1. The van der Waals surface area contributed by atoms with Crippen molar-refractivity contribution in [3.05, 3.63) is 16.1 Å². The Morgan fingerprint density at radius 3 is 2.80 bits per heavy atom. The fourth-order valence-electron chi connectivity index (χ4n) is 1.43. The zero-order valence-corrected chi connectivity index (χ0v) is 10.3. The monoisotopic (exact) mass is 227 g/mol. The Morgan fingerprint density at radius 2 is 2.13 bits per heavy atom. The first kappa shape index (κ1) is 12.6. The summed E-state index contributed by atoms with van der Waals surface area (Å²) in [5.41, 5.74) is 5.43. The molecule has 0 aliphatic carbocycles. The molecule has 1 heterocycles. The molecule has 86 valence electrons. The molecule has 0 aliphatic heterocycles. The first-order valence-electron chi connectivity index (χ1n) is 5.65. The molecule has 1 aromatic heterocycles. The van der Waals surface area contributed by atoms with Gasteiger partial charge in [-0.3, -0.25) is 0 Å². The van der Waals surface area contributed by atoms with E-state index in [4.69, 9.17) is 5.73 Å². The lowest BCUT2D eigenvalue weighted by Crippen LogP contribution is -2.14. The Labute approximate surface area is 96.1 Å². The predicted octanol–water partition coefficient (Wildman–Crippen LogP) is 2.06. The lowest BCUT2D eigenvalue weighted by molar-refractivity contribution is 0.589. The topological polar surface area (TPSA) is 50.9 Å². The summed E-state index contributed by atoms with van der Waals surface area (Å²) in [5, 5.41) is 4.60. The van der Waals surface area contributed by atoms with Gasteiger partial charge in [0.25, 0.3) is 0 Å². The van der Waals surface area contributed by atoms with E-state index in [1.54, 1.807) is 11.3 Å². The summed E-state index contributed by atoms with van der Waals surface area (Å²) in [6, 6.07) is 0. The Hall–Kier alpha value is -0.450. The number of nitrogens with one attached hydrogen (secondary N) is 1. The maximum absolute atomic E-state index is 5.43. The highest BCUT2D eigenvalue weighted by Gasteiger charge is 1.97.